The monoisotopic (exact) mass is 1560 g/mol. The number of hydrogen-bond donors (Lipinski definition) is 4. The number of methoxy groups -OCH3 is 2. The van der Waals surface area contributed by atoms with Crippen LogP contribution in [-0.2, 0) is 66.4 Å². The van der Waals surface area contributed by atoms with Crippen molar-refractivity contribution in [2.75, 3.05) is 133 Å². The predicted molar refractivity (Wildman–Crippen MR) is 436 cm³/mol. The minimum atomic E-state index is -0.889. The van der Waals surface area contributed by atoms with Crippen LogP contribution in [0.25, 0.3) is 0 Å². The summed E-state index contributed by atoms with van der Waals surface area (Å²) >= 11 is 0. The molecule has 0 radical (unpaired) electrons. The molecule has 4 aliphatic rings. The Hall–Kier alpha value is -4.48. The fourth-order valence-electron chi connectivity index (χ4n) is 17.1. The van der Waals surface area contributed by atoms with Gasteiger partial charge < -0.3 is 78.1 Å². The molecule has 3 saturated carbocycles. The van der Waals surface area contributed by atoms with Crippen LogP contribution in [0.2, 0.25) is 0 Å². The van der Waals surface area contributed by atoms with Crippen molar-refractivity contribution < 1.29 is 85.6 Å². The van der Waals surface area contributed by atoms with Crippen LogP contribution in [0.1, 0.15) is 325 Å². The first kappa shape index (κ1) is 99.7. The van der Waals surface area contributed by atoms with E-state index in [2.05, 4.69) is 75.8 Å². The van der Waals surface area contributed by atoms with Crippen molar-refractivity contribution in [3.05, 3.63) is 11.6 Å². The van der Waals surface area contributed by atoms with Gasteiger partial charge >= 0.3 is 36.3 Å². The molecule has 4 amide bonds. The summed E-state index contributed by atoms with van der Waals surface area (Å²) in [6.45, 7) is 21.7. The number of nitrogens with one attached hydrogen (secondary N) is 4. The lowest BCUT2D eigenvalue weighted by Gasteiger charge is -2.58. The molecule has 110 heavy (non-hydrogen) atoms. The molecule has 4 rings (SSSR count). The first-order valence-electron chi connectivity index (χ1n) is 44.5. The van der Waals surface area contributed by atoms with E-state index in [0.717, 1.165) is 93.3 Å². The van der Waals surface area contributed by atoms with Crippen molar-refractivity contribution in [3.63, 3.8) is 0 Å². The van der Waals surface area contributed by atoms with Gasteiger partial charge in [-0.15, -0.1) is 0 Å². The second-order valence-corrected chi connectivity index (χ2v) is 32.8. The maximum Gasteiger partial charge on any atom is 0.407 e. The standard InChI is InChI=1S/C50H96N2O11.C38H66N2O7/c1-4-6-8-10-12-14-16-18-20-22-24-26-28-30-32-34-47(53)61-44-46(63-48(54)35-33-31-29-27-25-23-21-19-17-15-13-11-9-7-5-2)45-62-50(56)52-37-39-59-42-41-58-38-36-51-49(55)60-43-40-57-3;1-27(2)8-7-9-28(3)32-12-13-33-31-11-10-29-26-30(14-16-37(29,4)34(31)15-17-38(32,33)5)47-36(42)40-19-21-45-24-23-44-20-18-39-35(41)46-25-22-43-6/h46H,4-45H2,1-3H3,(H,51,55)(H,52,56);10,27-28,30-34H,7-9,11-26H2,1-6H3,(H,39,41)(H,40,42)/t;28?,30-,31?,32?,33?,34?,37-,38+/m.0/s1. The summed E-state index contributed by atoms with van der Waals surface area (Å²) in [5.74, 6) is 4.27. The summed E-state index contributed by atoms with van der Waals surface area (Å²) in [6, 6.07) is 0. The SMILES string of the molecule is CCCCCCCCCCCCCCCCCC(=O)OCC(COC(=O)NCCOCCOCCNC(=O)OCCOC)OC(=O)CCCCCCCCCCCCCCCCC.COCCOC(=O)NCCOCCOCCNC(=O)O[C@H]1CC[C@@]2(C)C(=CCC3C4CCC(C(C)CCCC(C)C)[C@@]4(C)CCC32)C1. The smallest absolute Gasteiger partial charge is 0.407 e. The van der Waals surface area contributed by atoms with E-state index in [1.54, 1.807) is 12.7 Å². The van der Waals surface area contributed by atoms with Crippen molar-refractivity contribution in [1.29, 1.82) is 0 Å². The lowest BCUT2D eigenvalue weighted by atomic mass is 9.47. The molecule has 0 spiro atoms. The van der Waals surface area contributed by atoms with Crippen LogP contribution in [0.15, 0.2) is 11.6 Å². The predicted octanol–water partition coefficient (Wildman–Crippen LogP) is 19.6. The first-order chi connectivity index (χ1) is 53.5. The van der Waals surface area contributed by atoms with Gasteiger partial charge in [0, 0.05) is 59.7 Å². The van der Waals surface area contributed by atoms with Crippen molar-refractivity contribution in [3.8, 4) is 0 Å². The summed E-state index contributed by atoms with van der Waals surface area (Å²) in [5.41, 5.74) is 2.30. The zero-order valence-corrected chi connectivity index (χ0v) is 71.2. The second kappa shape index (κ2) is 65.7. The average Bonchev–Trinajstić information content (AvgIpc) is 1.43. The summed E-state index contributed by atoms with van der Waals surface area (Å²) in [6.07, 6.45) is 51.5. The van der Waals surface area contributed by atoms with Crippen molar-refractivity contribution >= 4 is 36.3 Å². The van der Waals surface area contributed by atoms with Crippen molar-refractivity contribution in [1.82, 2.24) is 21.3 Å². The van der Waals surface area contributed by atoms with E-state index in [9.17, 15) is 28.8 Å². The number of alkyl carbamates (subject to hydrolysis) is 4. The number of unbranched alkanes of at least 4 members (excludes halogenated alkanes) is 28. The number of fused-ring (bicyclic) bond motifs is 5. The number of ether oxygens (including phenoxy) is 12. The van der Waals surface area contributed by atoms with Gasteiger partial charge in [0.15, 0.2) is 6.10 Å². The topological polar surface area (TPSA) is 261 Å². The fraction of sp³-hybridized carbons (Fsp3) is 0.909. The summed E-state index contributed by atoms with van der Waals surface area (Å²) in [7, 11) is 3.08. The molecule has 0 heterocycles. The molecule has 642 valence electrons. The zero-order chi connectivity index (χ0) is 79.8. The molecule has 4 aliphatic carbocycles. The number of carbonyl (C=O) groups excluding carboxylic acids is 6. The van der Waals surface area contributed by atoms with Gasteiger partial charge in [0.2, 0.25) is 0 Å². The third-order valence-corrected chi connectivity index (χ3v) is 23.5. The van der Waals surface area contributed by atoms with E-state index in [0.29, 0.717) is 90.9 Å². The van der Waals surface area contributed by atoms with E-state index in [1.165, 1.54) is 213 Å². The largest absolute Gasteiger partial charge is 0.462 e. The number of amides is 4. The van der Waals surface area contributed by atoms with E-state index in [1.807, 2.05) is 0 Å². The highest BCUT2D eigenvalue weighted by molar-refractivity contribution is 5.71. The van der Waals surface area contributed by atoms with Crippen LogP contribution in [-0.4, -0.2) is 181 Å². The van der Waals surface area contributed by atoms with Gasteiger partial charge in [-0.25, -0.2) is 19.2 Å². The zero-order valence-electron chi connectivity index (χ0n) is 71.2. The van der Waals surface area contributed by atoms with E-state index in [4.69, 9.17) is 56.8 Å². The highest BCUT2D eigenvalue weighted by Crippen LogP contribution is 2.67. The van der Waals surface area contributed by atoms with Gasteiger partial charge in [-0.1, -0.05) is 259 Å². The number of carbonyl (C=O) groups is 6. The average molecular weight is 1560 g/mol. The van der Waals surface area contributed by atoms with Gasteiger partial charge in [-0.2, -0.15) is 0 Å². The molecule has 6 unspecified atom stereocenters. The Bertz CT molecular complexity index is 2350. The van der Waals surface area contributed by atoms with Gasteiger partial charge in [0.25, 0.3) is 0 Å². The van der Waals surface area contributed by atoms with Crippen LogP contribution < -0.4 is 21.3 Å². The number of rotatable bonds is 67. The van der Waals surface area contributed by atoms with Gasteiger partial charge in [-0.3, -0.25) is 9.59 Å². The second-order valence-electron chi connectivity index (χ2n) is 32.8. The number of esters is 2. The van der Waals surface area contributed by atoms with Gasteiger partial charge in [-0.05, 0) is 104 Å². The Balaban J connectivity index is 0.000000592. The van der Waals surface area contributed by atoms with Crippen molar-refractivity contribution in [2.45, 2.75) is 337 Å². The number of allylic oxidation sites excluding steroid dienone is 1. The highest BCUT2D eigenvalue weighted by Gasteiger charge is 2.59. The lowest BCUT2D eigenvalue weighted by molar-refractivity contribution is -0.161. The van der Waals surface area contributed by atoms with Gasteiger partial charge in [0.1, 0.15) is 32.5 Å². The third-order valence-electron chi connectivity index (χ3n) is 23.5. The molecular formula is C88H162N4O18. The maximum atomic E-state index is 12.8. The summed E-state index contributed by atoms with van der Waals surface area (Å²) in [5, 5.41) is 10.6. The minimum Gasteiger partial charge on any atom is -0.462 e. The van der Waals surface area contributed by atoms with E-state index in [-0.39, 0.29) is 75.6 Å². The van der Waals surface area contributed by atoms with E-state index >= 15 is 0 Å². The molecule has 4 N–H and O–H groups in total. The minimum absolute atomic E-state index is 0.0533. The molecule has 0 bridgehead atoms. The normalized spacial score (nSPS) is 20.3. The molecule has 9 atom stereocenters. The molecular weight excluding hydrogens is 1400 g/mol. The Morgan fingerprint density at radius 1 is 0.427 bits per heavy atom. The van der Waals surface area contributed by atoms with E-state index < -0.39 is 24.4 Å². The maximum absolute atomic E-state index is 12.8. The molecule has 22 nitrogen and oxygen atoms in total. The van der Waals surface area contributed by atoms with Crippen LogP contribution in [0.4, 0.5) is 19.2 Å². The fourth-order valence-corrected chi connectivity index (χ4v) is 17.1. The molecule has 0 saturated heterocycles. The molecule has 0 aromatic carbocycles. The lowest BCUT2D eigenvalue weighted by Crippen LogP contribution is -2.51. The van der Waals surface area contributed by atoms with Crippen LogP contribution in [0, 0.1) is 46.3 Å². The quantitative estimate of drug-likeness (QED) is 0.0191. The van der Waals surface area contributed by atoms with Gasteiger partial charge in [0.05, 0.1) is 66.1 Å². The molecule has 0 aliphatic heterocycles. The molecule has 0 aromatic heterocycles. The Kier molecular flexibility index (Phi) is 59.6. The highest BCUT2D eigenvalue weighted by atomic mass is 16.6. The Morgan fingerprint density at radius 2 is 0.845 bits per heavy atom. The van der Waals surface area contributed by atoms with Crippen molar-refractivity contribution in [2.24, 2.45) is 46.3 Å². The summed E-state index contributed by atoms with van der Waals surface area (Å²) < 4.78 is 63.7. The molecule has 3 fully saturated rings. The molecule has 0 aromatic rings. The third kappa shape index (κ3) is 47.4. The number of hydrogen-bond acceptors (Lipinski definition) is 18. The van der Waals surface area contributed by atoms with Crippen LogP contribution in [0.5, 0.6) is 0 Å². The molecule has 22 heteroatoms. The van der Waals surface area contributed by atoms with Crippen LogP contribution >= 0.6 is 0 Å². The Morgan fingerprint density at radius 3 is 1.29 bits per heavy atom. The first-order valence-corrected chi connectivity index (χ1v) is 44.5. The Labute approximate surface area is 667 Å². The summed E-state index contributed by atoms with van der Waals surface area (Å²) in [4.78, 5) is 73.2. The van der Waals surface area contributed by atoms with Crippen LogP contribution in [0.3, 0.4) is 0 Å².